The van der Waals surface area contributed by atoms with Crippen molar-refractivity contribution in [2.24, 2.45) is 0 Å². The normalized spacial score (nSPS) is 16.1. The molecular formula is C19H25NO2S2. The van der Waals surface area contributed by atoms with Crippen molar-refractivity contribution in [1.29, 1.82) is 0 Å². The number of anilines is 1. The lowest BCUT2D eigenvalue weighted by molar-refractivity contribution is -0.113. The van der Waals surface area contributed by atoms with Crippen LogP contribution in [-0.2, 0) is 15.6 Å². The highest BCUT2D eigenvalue weighted by atomic mass is 32.2. The van der Waals surface area contributed by atoms with Crippen LogP contribution in [-0.4, -0.2) is 17.3 Å². The fraction of sp³-hybridized carbons (Fsp3) is 0.474. The van der Waals surface area contributed by atoms with Crippen LogP contribution in [0.3, 0.4) is 0 Å². The van der Waals surface area contributed by atoms with Gasteiger partial charge in [0.15, 0.2) is 4.32 Å². The van der Waals surface area contributed by atoms with Gasteiger partial charge in [-0.15, -0.1) is 0 Å². The number of thioether (sulfide) groups is 1. The summed E-state index contributed by atoms with van der Waals surface area (Å²) in [5.41, 5.74) is 2.65. The van der Waals surface area contributed by atoms with Gasteiger partial charge in [0.1, 0.15) is 5.75 Å². The molecule has 0 radical (unpaired) electrons. The van der Waals surface area contributed by atoms with E-state index in [0.29, 0.717) is 9.23 Å². The van der Waals surface area contributed by atoms with Crippen molar-refractivity contribution < 1.29 is 9.53 Å². The van der Waals surface area contributed by atoms with Crippen LogP contribution in [0.4, 0.5) is 5.69 Å². The summed E-state index contributed by atoms with van der Waals surface area (Å²) in [5, 5.41) is 0. The summed E-state index contributed by atoms with van der Waals surface area (Å²) in [4.78, 5) is 14.5. The molecule has 2 rings (SSSR count). The average molecular weight is 364 g/mol. The fourth-order valence-corrected chi connectivity index (χ4v) is 3.86. The van der Waals surface area contributed by atoms with Gasteiger partial charge in [0.25, 0.3) is 5.91 Å². The molecule has 1 saturated heterocycles. The van der Waals surface area contributed by atoms with E-state index in [-0.39, 0.29) is 16.7 Å². The van der Waals surface area contributed by atoms with Crippen LogP contribution in [0.2, 0.25) is 0 Å². The van der Waals surface area contributed by atoms with Crippen molar-refractivity contribution in [2.75, 3.05) is 12.0 Å². The van der Waals surface area contributed by atoms with E-state index in [1.54, 1.807) is 12.0 Å². The largest absolute Gasteiger partial charge is 0.496 e. The van der Waals surface area contributed by atoms with Gasteiger partial charge >= 0.3 is 0 Å². The van der Waals surface area contributed by atoms with E-state index in [9.17, 15) is 4.79 Å². The SMILES string of the molecule is C=C1SC(=S)N(c2cc(C(C)(C)C)c(OC)c(C(C)(C)C)c2)C1=O. The molecule has 0 aromatic heterocycles. The first kappa shape index (κ1) is 19.0. The molecule has 1 heterocycles. The highest BCUT2D eigenvalue weighted by molar-refractivity contribution is 8.27. The van der Waals surface area contributed by atoms with Crippen molar-refractivity contribution >= 4 is 39.9 Å². The Balaban J connectivity index is 2.77. The van der Waals surface area contributed by atoms with Gasteiger partial charge in [-0.05, 0) is 23.0 Å². The molecule has 1 aromatic rings. The third-order valence-electron chi connectivity index (χ3n) is 3.99. The van der Waals surface area contributed by atoms with Crippen molar-refractivity contribution in [2.45, 2.75) is 52.4 Å². The Morgan fingerprint density at radius 3 is 1.83 bits per heavy atom. The van der Waals surface area contributed by atoms with E-state index >= 15 is 0 Å². The van der Waals surface area contributed by atoms with Gasteiger partial charge in [0.05, 0.1) is 17.7 Å². The van der Waals surface area contributed by atoms with Gasteiger partial charge in [0, 0.05) is 11.1 Å². The Morgan fingerprint density at radius 1 is 1.08 bits per heavy atom. The number of nitrogens with zero attached hydrogens (tertiary/aromatic N) is 1. The van der Waals surface area contributed by atoms with Crippen molar-refractivity contribution in [3.8, 4) is 5.75 Å². The van der Waals surface area contributed by atoms with Gasteiger partial charge in [-0.3, -0.25) is 9.69 Å². The Hall–Kier alpha value is -1.33. The van der Waals surface area contributed by atoms with E-state index in [0.717, 1.165) is 22.6 Å². The molecule has 0 N–H and O–H groups in total. The van der Waals surface area contributed by atoms with Crippen LogP contribution in [0.5, 0.6) is 5.75 Å². The van der Waals surface area contributed by atoms with Crippen LogP contribution >= 0.6 is 24.0 Å². The molecule has 130 valence electrons. The van der Waals surface area contributed by atoms with Gasteiger partial charge in [-0.2, -0.15) is 0 Å². The number of hydrogen-bond donors (Lipinski definition) is 0. The summed E-state index contributed by atoms with van der Waals surface area (Å²) in [6.45, 7) is 16.6. The second-order valence-corrected chi connectivity index (χ2v) is 9.73. The number of rotatable bonds is 2. The summed E-state index contributed by atoms with van der Waals surface area (Å²) >= 11 is 6.64. The third-order valence-corrected chi connectivity index (χ3v) is 5.20. The lowest BCUT2D eigenvalue weighted by Gasteiger charge is -2.31. The second kappa shape index (κ2) is 6.19. The van der Waals surface area contributed by atoms with Crippen LogP contribution in [0, 0.1) is 0 Å². The quantitative estimate of drug-likeness (QED) is 0.536. The first-order valence-electron chi connectivity index (χ1n) is 7.86. The van der Waals surface area contributed by atoms with Gasteiger partial charge < -0.3 is 4.74 Å². The molecule has 1 fully saturated rings. The summed E-state index contributed by atoms with van der Waals surface area (Å²) in [6.07, 6.45) is 0. The smallest absolute Gasteiger partial charge is 0.270 e. The van der Waals surface area contributed by atoms with Crippen LogP contribution < -0.4 is 9.64 Å². The maximum Gasteiger partial charge on any atom is 0.270 e. The van der Waals surface area contributed by atoms with Gasteiger partial charge in [0.2, 0.25) is 0 Å². The molecule has 5 heteroatoms. The molecule has 0 aliphatic carbocycles. The van der Waals surface area contributed by atoms with Crippen LogP contribution in [0.15, 0.2) is 23.6 Å². The first-order valence-corrected chi connectivity index (χ1v) is 9.08. The molecule has 1 amide bonds. The predicted octanol–water partition coefficient (Wildman–Crippen LogP) is 5.17. The summed E-state index contributed by atoms with van der Waals surface area (Å²) in [5.74, 6) is 0.734. The number of carbonyl (C=O) groups is 1. The zero-order valence-corrected chi connectivity index (χ0v) is 17.1. The number of thiocarbonyl (C=S) groups is 1. The molecular weight excluding hydrogens is 338 g/mol. The summed E-state index contributed by atoms with van der Waals surface area (Å²) in [7, 11) is 1.70. The van der Waals surface area contributed by atoms with Crippen LogP contribution in [0.1, 0.15) is 52.7 Å². The molecule has 0 spiro atoms. The molecule has 0 bridgehead atoms. The number of benzene rings is 1. The molecule has 0 atom stereocenters. The third kappa shape index (κ3) is 3.38. The molecule has 1 aliphatic heterocycles. The molecule has 1 aromatic carbocycles. The maximum absolute atomic E-state index is 12.5. The number of methoxy groups -OCH3 is 1. The lowest BCUT2D eigenvalue weighted by Crippen LogP contribution is -2.29. The second-order valence-electron chi connectivity index (χ2n) is 8.01. The topological polar surface area (TPSA) is 29.5 Å². The van der Waals surface area contributed by atoms with E-state index in [1.807, 2.05) is 12.1 Å². The number of ether oxygens (including phenoxy) is 1. The van der Waals surface area contributed by atoms with Crippen molar-refractivity contribution in [1.82, 2.24) is 0 Å². The highest BCUT2D eigenvalue weighted by Gasteiger charge is 2.35. The van der Waals surface area contributed by atoms with E-state index in [1.165, 1.54) is 11.8 Å². The highest BCUT2D eigenvalue weighted by Crippen LogP contribution is 2.44. The van der Waals surface area contributed by atoms with Crippen molar-refractivity contribution in [3.63, 3.8) is 0 Å². The monoisotopic (exact) mass is 363 g/mol. The standard InChI is InChI=1S/C19H25NO2S2/c1-11-16(21)20(17(23)24-11)12-9-13(18(2,3)4)15(22-8)14(10-12)19(5,6)7/h9-10H,1H2,2-8H3. The van der Waals surface area contributed by atoms with Crippen LogP contribution in [0.25, 0.3) is 0 Å². The minimum atomic E-state index is -0.144. The number of hydrogen-bond acceptors (Lipinski definition) is 4. The molecule has 24 heavy (non-hydrogen) atoms. The zero-order chi connectivity index (χ0) is 18.4. The average Bonchev–Trinajstić information content (AvgIpc) is 2.68. The fourth-order valence-electron chi connectivity index (χ4n) is 2.70. The Morgan fingerprint density at radius 2 is 1.54 bits per heavy atom. The Kier molecular flexibility index (Phi) is 4.90. The summed E-state index contributed by atoms with van der Waals surface area (Å²) < 4.78 is 6.29. The molecule has 0 saturated carbocycles. The van der Waals surface area contributed by atoms with Gasteiger partial charge in [-0.1, -0.05) is 72.1 Å². The van der Waals surface area contributed by atoms with E-state index in [4.69, 9.17) is 17.0 Å². The Bertz CT molecular complexity index is 689. The molecule has 3 nitrogen and oxygen atoms in total. The van der Waals surface area contributed by atoms with Crippen molar-refractivity contribution in [3.05, 3.63) is 34.7 Å². The lowest BCUT2D eigenvalue weighted by atomic mass is 9.79. The predicted molar refractivity (Wildman–Crippen MR) is 107 cm³/mol. The minimum Gasteiger partial charge on any atom is -0.496 e. The number of carbonyl (C=O) groups excluding carboxylic acids is 1. The first-order chi connectivity index (χ1) is 10.9. The minimum absolute atomic E-state index is 0.129. The zero-order valence-electron chi connectivity index (χ0n) is 15.4. The Labute approximate surface area is 154 Å². The molecule has 0 unspecified atom stereocenters. The molecule has 1 aliphatic rings. The van der Waals surface area contributed by atoms with E-state index < -0.39 is 0 Å². The van der Waals surface area contributed by atoms with E-state index in [2.05, 4.69) is 48.1 Å². The summed E-state index contributed by atoms with van der Waals surface area (Å²) in [6, 6.07) is 4.02. The number of amides is 1. The maximum atomic E-state index is 12.5. The van der Waals surface area contributed by atoms with Gasteiger partial charge in [-0.25, -0.2) is 0 Å².